The molecule has 0 bridgehead atoms. The smallest absolute Gasteiger partial charge is 0.237 e. The largest absolute Gasteiger partial charge is 0.353 e. The first kappa shape index (κ1) is 18.4. The van der Waals surface area contributed by atoms with E-state index in [1.807, 2.05) is 6.07 Å². The van der Waals surface area contributed by atoms with E-state index in [0.717, 1.165) is 18.0 Å². The molecule has 2 N–H and O–H groups in total. The van der Waals surface area contributed by atoms with Gasteiger partial charge in [0.2, 0.25) is 11.8 Å². The second kappa shape index (κ2) is 8.81. The van der Waals surface area contributed by atoms with Crippen molar-refractivity contribution in [2.75, 3.05) is 19.6 Å². The van der Waals surface area contributed by atoms with E-state index in [1.54, 1.807) is 11.3 Å². The maximum absolute atomic E-state index is 12.4. The zero-order chi connectivity index (χ0) is 17.6. The molecule has 1 aliphatic carbocycles. The van der Waals surface area contributed by atoms with Gasteiger partial charge in [0.05, 0.1) is 19.0 Å². The number of hydrogen-bond acceptors (Lipinski definition) is 4. The van der Waals surface area contributed by atoms with Crippen LogP contribution in [0.25, 0.3) is 0 Å². The normalized spacial score (nSPS) is 22.6. The quantitative estimate of drug-likeness (QED) is 0.816. The summed E-state index contributed by atoms with van der Waals surface area (Å²) in [6.45, 7) is 5.11. The highest BCUT2D eigenvalue weighted by Crippen LogP contribution is 2.26. The molecule has 1 aliphatic heterocycles. The predicted octanol–water partition coefficient (Wildman–Crippen LogP) is 2.44. The van der Waals surface area contributed by atoms with Crippen LogP contribution in [0.5, 0.6) is 0 Å². The molecule has 0 spiro atoms. The highest BCUT2D eigenvalue weighted by molar-refractivity contribution is 7.11. The summed E-state index contributed by atoms with van der Waals surface area (Å²) in [5.74, 6) is 0.644. The lowest BCUT2D eigenvalue weighted by atomic mass is 9.88. The van der Waals surface area contributed by atoms with Crippen molar-refractivity contribution in [2.45, 2.75) is 58.0 Å². The third kappa shape index (κ3) is 5.28. The van der Waals surface area contributed by atoms with Crippen molar-refractivity contribution in [2.24, 2.45) is 5.92 Å². The monoisotopic (exact) mass is 363 g/mol. The first-order valence-corrected chi connectivity index (χ1v) is 10.3. The van der Waals surface area contributed by atoms with Gasteiger partial charge >= 0.3 is 0 Å². The molecule has 25 heavy (non-hydrogen) atoms. The van der Waals surface area contributed by atoms with Gasteiger partial charge in [-0.25, -0.2) is 0 Å². The number of amides is 2. The minimum Gasteiger partial charge on any atom is -0.353 e. The van der Waals surface area contributed by atoms with Gasteiger partial charge in [-0.15, -0.1) is 11.3 Å². The number of nitrogens with zero attached hydrogens (tertiary/aromatic N) is 1. The van der Waals surface area contributed by atoms with Crippen LogP contribution in [0.3, 0.4) is 0 Å². The molecule has 5 nitrogen and oxygen atoms in total. The molecule has 0 radical (unpaired) electrons. The summed E-state index contributed by atoms with van der Waals surface area (Å²) >= 11 is 1.70. The van der Waals surface area contributed by atoms with E-state index >= 15 is 0 Å². The fraction of sp³-hybridized carbons (Fsp3) is 0.684. The molecular formula is C19H29N3O2S. The predicted molar refractivity (Wildman–Crippen MR) is 100 cm³/mol. The molecule has 2 aliphatic rings. The van der Waals surface area contributed by atoms with E-state index < -0.39 is 0 Å². The van der Waals surface area contributed by atoms with Gasteiger partial charge in [0.1, 0.15) is 0 Å². The molecule has 2 fully saturated rings. The van der Waals surface area contributed by atoms with Gasteiger partial charge in [-0.05, 0) is 37.8 Å². The molecule has 1 unspecified atom stereocenters. The fourth-order valence-electron chi connectivity index (χ4n) is 3.92. The summed E-state index contributed by atoms with van der Waals surface area (Å²) in [5, 5.41) is 5.89. The molecule has 1 saturated heterocycles. The number of hydrogen-bond donors (Lipinski definition) is 2. The number of piperazine rings is 1. The Bertz CT molecular complexity index is 595. The van der Waals surface area contributed by atoms with Crippen molar-refractivity contribution in [3.63, 3.8) is 0 Å². The second-order valence-electron chi connectivity index (χ2n) is 7.30. The van der Waals surface area contributed by atoms with Crippen LogP contribution < -0.4 is 10.6 Å². The van der Waals surface area contributed by atoms with Crippen LogP contribution in [-0.2, 0) is 16.1 Å². The first-order chi connectivity index (χ1) is 12.1. The molecule has 2 heterocycles. The Kier molecular flexibility index (Phi) is 6.48. The molecule has 1 aromatic heterocycles. The van der Waals surface area contributed by atoms with E-state index in [2.05, 4.69) is 28.5 Å². The van der Waals surface area contributed by atoms with Gasteiger partial charge < -0.3 is 10.6 Å². The average Bonchev–Trinajstić information content (AvgIpc) is 3.02. The Labute approximate surface area is 154 Å². The molecule has 1 aromatic rings. The molecule has 3 rings (SSSR count). The van der Waals surface area contributed by atoms with Gasteiger partial charge in [0.15, 0.2) is 0 Å². The van der Waals surface area contributed by atoms with E-state index in [-0.39, 0.29) is 24.3 Å². The number of thiophene rings is 1. The van der Waals surface area contributed by atoms with Crippen molar-refractivity contribution >= 4 is 23.2 Å². The third-order valence-corrected chi connectivity index (χ3v) is 6.29. The number of carbonyl (C=O) groups excluding carboxylic acids is 2. The highest BCUT2D eigenvalue weighted by atomic mass is 32.1. The summed E-state index contributed by atoms with van der Waals surface area (Å²) in [4.78, 5) is 29.3. The topological polar surface area (TPSA) is 61.4 Å². The zero-order valence-electron chi connectivity index (χ0n) is 15.1. The Morgan fingerprint density at radius 2 is 2.12 bits per heavy atom. The number of nitrogens with one attached hydrogen (secondary N) is 2. The molecule has 1 saturated carbocycles. The minimum absolute atomic E-state index is 0.00387. The van der Waals surface area contributed by atoms with Gasteiger partial charge in [0, 0.05) is 29.4 Å². The molecule has 6 heteroatoms. The lowest BCUT2D eigenvalue weighted by Crippen LogP contribution is -2.57. The van der Waals surface area contributed by atoms with Crippen LogP contribution in [0.4, 0.5) is 0 Å². The van der Waals surface area contributed by atoms with Crippen molar-refractivity contribution in [1.82, 2.24) is 15.5 Å². The second-order valence-corrected chi connectivity index (χ2v) is 8.67. The molecule has 1 atom stereocenters. The van der Waals surface area contributed by atoms with Gasteiger partial charge in [-0.3, -0.25) is 14.5 Å². The SMILES string of the molecule is Cc1ccc(CNC(=O)CC2C(=O)NCCN2CC2CCCCC2)s1. The van der Waals surface area contributed by atoms with Crippen LogP contribution in [0.1, 0.15) is 48.3 Å². The van der Waals surface area contributed by atoms with Gasteiger partial charge in [0.25, 0.3) is 0 Å². The van der Waals surface area contributed by atoms with E-state index in [4.69, 9.17) is 0 Å². The van der Waals surface area contributed by atoms with Crippen molar-refractivity contribution < 1.29 is 9.59 Å². The lowest BCUT2D eigenvalue weighted by Gasteiger charge is -2.37. The first-order valence-electron chi connectivity index (χ1n) is 9.45. The van der Waals surface area contributed by atoms with Gasteiger partial charge in [-0.2, -0.15) is 0 Å². The van der Waals surface area contributed by atoms with Crippen LogP contribution in [0, 0.1) is 12.8 Å². The van der Waals surface area contributed by atoms with E-state index in [1.165, 1.54) is 37.0 Å². The third-order valence-electron chi connectivity index (χ3n) is 5.29. The standard InChI is InChI=1S/C19H29N3O2S/c1-14-7-8-16(25-14)12-21-18(23)11-17-19(24)20-9-10-22(17)13-15-5-3-2-4-6-15/h7-8,15,17H,2-6,9-13H2,1H3,(H,20,24)(H,21,23). The summed E-state index contributed by atoms with van der Waals surface area (Å²) in [6, 6.07) is 3.79. The zero-order valence-corrected chi connectivity index (χ0v) is 15.9. The minimum atomic E-state index is -0.319. The van der Waals surface area contributed by atoms with Crippen LogP contribution in [0.2, 0.25) is 0 Å². The summed E-state index contributed by atoms with van der Waals surface area (Å²) in [7, 11) is 0. The highest BCUT2D eigenvalue weighted by Gasteiger charge is 2.33. The van der Waals surface area contributed by atoms with Gasteiger partial charge in [-0.1, -0.05) is 19.3 Å². The van der Waals surface area contributed by atoms with E-state index in [0.29, 0.717) is 19.0 Å². The fourth-order valence-corrected chi connectivity index (χ4v) is 4.75. The van der Waals surface area contributed by atoms with Crippen molar-refractivity contribution in [3.05, 3.63) is 21.9 Å². The Morgan fingerprint density at radius 3 is 2.84 bits per heavy atom. The lowest BCUT2D eigenvalue weighted by molar-refractivity contribution is -0.134. The number of rotatable bonds is 6. The van der Waals surface area contributed by atoms with Crippen LogP contribution in [-0.4, -0.2) is 42.4 Å². The number of aryl methyl sites for hydroxylation is 1. The summed E-state index contributed by atoms with van der Waals surface area (Å²) in [5.41, 5.74) is 0. The Morgan fingerprint density at radius 1 is 1.32 bits per heavy atom. The average molecular weight is 364 g/mol. The van der Waals surface area contributed by atoms with Crippen LogP contribution in [0.15, 0.2) is 12.1 Å². The Hall–Kier alpha value is -1.40. The Balaban J connectivity index is 1.52. The van der Waals surface area contributed by atoms with E-state index in [9.17, 15) is 9.59 Å². The van der Waals surface area contributed by atoms with Crippen LogP contribution >= 0.6 is 11.3 Å². The molecule has 138 valence electrons. The summed E-state index contributed by atoms with van der Waals surface area (Å²) in [6.07, 6.45) is 6.71. The molecule has 0 aromatic carbocycles. The maximum atomic E-state index is 12.4. The van der Waals surface area contributed by atoms with Crippen molar-refractivity contribution in [3.8, 4) is 0 Å². The molecule has 2 amide bonds. The maximum Gasteiger partial charge on any atom is 0.237 e. The number of carbonyl (C=O) groups is 2. The van der Waals surface area contributed by atoms with Crippen molar-refractivity contribution in [1.29, 1.82) is 0 Å². The molecular weight excluding hydrogens is 334 g/mol. The summed E-state index contributed by atoms with van der Waals surface area (Å²) < 4.78 is 0.